The normalized spacial score (nSPS) is 15.5. The van der Waals surface area contributed by atoms with Crippen LogP contribution in [0, 0.1) is 13.8 Å². The lowest BCUT2D eigenvalue weighted by Crippen LogP contribution is -2.30. The van der Waals surface area contributed by atoms with Crippen LogP contribution in [-0.2, 0) is 6.54 Å². The van der Waals surface area contributed by atoms with Crippen molar-refractivity contribution in [2.75, 3.05) is 20.1 Å². The van der Waals surface area contributed by atoms with E-state index in [1.807, 2.05) is 0 Å². The van der Waals surface area contributed by atoms with E-state index in [4.69, 9.17) is 0 Å². The van der Waals surface area contributed by atoms with Gasteiger partial charge in [0.25, 0.3) is 0 Å². The molecule has 0 amide bonds. The highest BCUT2D eigenvalue weighted by atomic mass is 15.2. The highest BCUT2D eigenvalue weighted by molar-refractivity contribution is 5.30. The predicted molar refractivity (Wildman–Crippen MR) is 73.3 cm³/mol. The maximum absolute atomic E-state index is 3.54. The Hall–Kier alpha value is -0.860. The molecule has 0 spiro atoms. The van der Waals surface area contributed by atoms with Gasteiger partial charge in [-0.15, -0.1) is 0 Å². The molecule has 0 radical (unpaired) electrons. The second-order valence-electron chi connectivity index (χ2n) is 5.32. The van der Waals surface area contributed by atoms with Gasteiger partial charge < -0.3 is 10.2 Å². The smallest absolute Gasteiger partial charge is 0.0208 e. The summed E-state index contributed by atoms with van der Waals surface area (Å²) < 4.78 is 0. The minimum absolute atomic E-state index is 0.873. The molecule has 1 aromatic carbocycles. The van der Waals surface area contributed by atoms with Gasteiger partial charge in [0, 0.05) is 25.7 Å². The first-order valence-electron chi connectivity index (χ1n) is 6.64. The molecular weight excluding hydrogens is 208 g/mol. The van der Waals surface area contributed by atoms with Gasteiger partial charge >= 0.3 is 0 Å². The molecule has 1 aromatic rings. The van der Waals surface area contributed by atoms with Crippen LogP contribution in [-0.4, -0.2) is 31.1 Å². The van der Waals surface area contributed by atoms with Crippen molar-refractivity contribution in [3.05, 3.63) is 34.9 Å². The molecule has 1 fully saturated rings. The van der Waals surface area contributed by atoms with E-state index in [1.54, 1.807) is 0 Å². The fraction of sp³-hybridized carbons (Fsp3) is 0.600. The molecule has 0 heterocycles. The van der Waals surface area contributed by atoms with Gasteiger partial charge in [-0.25, -0.2) is 0 Å². The summed E-state index contributed by atoms with van der Waals surface area (Å²) >= 11 is 0. The number of aryl methyl sites for hydroxylation is 2. The minimum atomic E-state index is 0.873. The van der Waals surface area contributed by atoms with Gasteiger partial charge in [0.1, 0.15) is 0 Å². The maximum Gasteiger partial charge on any atom is 0.0208 e. The van der Waals surface area contributed by atoms with Crippen LogP contribution < -0.4 is 5.32 Å². The Kier molecular flexibility index (Phi) is 4.19. The Labute approximate surface area is 105 Å². The summed E-state index contributed by atoms with van der Waals surface area (Å²) in [5, 5.41) is 3.54. The van der Waals surface area contributed by atoms with Crippen molar-refractivity contribution in [1.82, 2.24) is 10.2 Å². The molecule has 0 atom stereocenters. The van der Waals surface area contributed by atoms with Gasteiger partial charge in [-0.3, -0.25) is 0 Å². The molecule has 0 unspecified atom stereocenters. The Morgan fingerprint density at radius 1 is 1.29 bits per heavy atom. The zero-order valence-electron chi connectivity index (χ0n) is 11.3. The molecule has 17 heavy (non-hydrogen) atoms. The molecule has 0 aromatic heterocycles. The molecule has 2 nitrogen and oxygen atoms in total. The van der Waals surface area contributed by atoms with Crippen LogP contribution in [0.25, 0.3) is 0 Å². The van der Waals surface area contributed by atoms with Gasteiger partial charge in [-0.2, -0.15) is 0 Å². The molecule has 1 aliphatic carbocycles. The summed E-state index contributed by atoms with van der Waals surface area (Å²) in [4.78, 5) is 2.47. The highest BCUT2D eigenvalue weighted by Gasteiger charge is 2.25. The van der Waals surface area contributed by atoms with Crippen LogP contribution in [0.5, 0.6) is 0 Å². The van der Waals surface area contributed by atoms with Crippen molar-refractivity contribution in [1.29, 1.82) is 0 Å². The maximum atomic E-state index is 3.54. The van der Waals surface area contributed by atoms with Gasteiger partial charge in [-0.1, -0.05) is 23.8 Å². The number of hydrogen-bond acceptors (Lipinski definition) is 2. The average molecular weight is 232 g/mol. The van der Waals surface area contributed by atoms with Gasteiger partial charge in [-0.05, 0) is 44.9 Å². The van der Waals surface area contributed by atoms with Crippen LogP contribution in [0.2, 0.25) is 0 Å². The van der Waals surface area contributed by atoms with Crippen molar-refractivity contribution in [3.8, 4) is 0 Å². The third kappa shape index (κ3) is 3.83. The van der Waals surface area contributed by atoms with E-state index in [-0.39, 0.29) is 0 Å². The fourth-order valence-corrected chi connectivity index (χ4v) is 2.17. The SMILES string of the molecule is Cc1ccc(C)c(CNCCN(C)C2CC2)c1. The first kappa shape index (κ1) is 12.6. The summed E-state index contributed by atoms with van der Waals surface area (Å²) in [5.74, 6) is 0. The largest absolute Gasteiger partial charge is 0.311 e. The quantitative estimate of drug-likeness (QED) is 0.758. The zero-order chi connectivity index (χ0) is 12.3. The minimum Gasteiger partial charge on any atom is -0.311 e. The third-order valence-corrected chi connectivity index (χ3v) is 3.63. The number of likely N-dealkylation sites (N-methyl/N-ethyl adjacent to an activating group) is 1. The molecule has 2 rings (SSSR count). The van der Waals surface area contributed by atoms with E-state index < -0.39 is 0 Å². The van der Waals surface area contributed by atoms with Crippen molar-refractivity contribution in [2.24, 2.45) is 0 Å². The molecule has 0 saturated heterocycles. The Balaban J connectivity index is 1.71. The van der Waals surface area contributed by atoms with E-state index >= 15 is 0 Å². The third-order valence-electron chi connectivity index (χ3n) is 3.63. The average Bonchev–Trinajstić information content (AvgIpc) is 3.12. The Bertz CT molecular complexity index is 369. The van der Waals surface area contributed by atoms with E-state index in [9.17, 15) is 0 Å². The molecule has 1 aliphatic rings. The number of nitrogens with zero attached hydrogens (tertiary/aromatic N) is 1. The second kappa shape index (κ2) is 5.65. The summed E-state index contributed by atoms with van der Waals surface area (Å²) in [6, 6.07) is 7.55. The van der Waals surface area contributed by atoms with Crippen molar-refractivity contribution >= 4 is 0 Å². The van der Waals surface area contributed by atoms with E-state index in [0.29, 0.717) is 0 Å². The number of rotatable bonds is 6. The lowest BCUT2D eigenvalue weighted by atomic mass is 10.1. The van der Waals surface area contributed by atoms with Crippen LogP contribution in [0.15, 0.2) is 18.2 Å². The van der Waals surface area contributed by atoms with Crippen LogP contribution in [0.1, 0.15) is 29.5 Å². The van der Waals surface area contributed by atoms with Gasteiger partial charge in [0.2, 0.25) is 0 Å². The zero-order valence-corrected chi connectivity index (χ0v) is 11.3. The molecular formula is C15H24N2. The molecule has 94 valence electrons. The second-order valence-corrected chi connectivity index (χ2v) is 5.32. The van der Waals surface area contributed by atoms with Crippen molar-refractivity contribution in [2.45, 2.75) is 39.3 Å². The lowest BCUT2D eigenvalue weighted by molar-refractivity contribution is 0.321. The topological polar surface area (TPSA) is 15.3 Å². The molecule has 0 aliphatic heterocycles. The number of hydrogen-bond donors (Lipinski definition) is 1. The van der Waals surface area contributed by atoms with Crippen molar-refractivity contribution in [3.63, 3.8) is 0 Å². The predicted octanol–water partition coefficient (Wildman–Crippen LogP) is 2.49. The summed E-state index contributed by atoms with van der Waals surface area (Å²) in [6.07, 6.45) is 2.79. The Morgan fingerprint density at radius 3 is 2.76 bits per heavy atom. The van der Waals surface area contributed by atoms with Crippen LogP contribution >= 0.6 is 0 Å². The van der Waals surface area contributed by atoms with Gasteiger partial charge in [0.05, 0.1) is 0 Å². The molecule has 2 heteroatoms. The lowest BCUT2D eigenvalue weighted by Gasteiger charge is -2.16. The summed E-state index contributed by atoms with van der Waals surface area (Å²) in [6.45, 7) is 7.58. The highest BCUT2D eigenvalue weighted by Crippen LogP contribution is 2.24. The number of nitrogens with one attached hydrogen (secondary N) is 1. The fourth-order valence-electron chi connectivity index (χ4n) is 2.17. The molecule has 0 bridgehead atoms. The van der Waals surface area contributed by atoms with Crippen LogP contribution in [0.3, 0.4) is 0 Å². The van der Waals surface area contributed by atoms with E-state index in [0.717, 1.165) is 25.7 Å². The molecule has 1 N–H and O–H groups in total. The monoisotopic (exact) mass is 232 g/mol. The standard InChI is InChI=1S/C15H24N2/c1-12-4-5-13(2)14(10-12)11-16-8-9-17(3)15-6-7-15/h4-5,10,15-16H,6-9,11H2,1-3H3. The first-order chi connectivity index (χ1) is 8.16. The molecule has 1 saturated carbocycles. The Morgan fingerprint density at radius 2 is 2.06 bits per heavy atom. The van der Waals surface area contributed by atoms with E-state index in [2.05, 4.69) is 49.3 Å². The van der Waals surface area contributed by atoms with Crippen LogP contribution in [0.4, 0.5) is 0 Å². The van der Waals surface area contributed by atoms with Gasteiger partial charge in [0.15, 0.2) is 0 Å². The van der Waals surface area contributed by atoms with Crippen molar-refractivity contribution < 1.29 is 0 Å². The first-order valence-corrected chi connectivity index (χ1v) is 6.64. The summed E-state index contributed by atoms with van der Waals surface area (Å²) in [5.41, 5.74) is 4.17. The summed E-state index contributed by atoms with van der Waals surface area (Å²) in [7, 11) is 2.23. The van der Waals surface area contributed by atoms with E-state index in [1.165, 1.54) is 29.5 Å². The number of benzene rings is 1.